The minimum atomic E-state index is -4.64. The Labute approximate surface area is 128 Å². The molecule has 0 fully saturated rings. The molecule has 6 heteroatoms. The molecule has 0 aliphatic heterocycles. The maximum Gasteiger partial charge on any atom is 0.417 e. The van der Waals surface area contributed by atoms with Crippen LogP contribution in [-0.4, -0.2) is 31.8 Å². The first-order valence-corrected chi connectivity index (χ1v) is 6.70. The van der Waals surface area contributed by atoms with E-state index in [-0.39, 0.29) is 5.56 Å². The van der Waals surface area contributed by atoms with Gasteiger partial charge in [-0.3, -0.25) is 0 Å². The largest absolute Gasteiger partial charge is 0.457 e. The van der Waals surface area contributed by atoms with E-state index >= 15 is 0 Å². The molecule has 1 rings (SSSR count). The average Bonchev–Trinajstić information content (AvgIpc) is 2.32. The van der Waals surface area contributed by atoms with E-state index < -0.39 is 23.3 Å². The molecule has 0 heterocycles. The third kappa shape index (κ3) is 5.42. The Hall–Kier alpha value is -1.98. The fourth-order valence-corrected chi connectivity index (χ4v) is 1.72. The lowest BCUT2D eigenvalue weighted by molar-refractivity contribution is -0.148. The van der Waals surface area contributed by atoms with E-state index in [2.05, 4.69) is 0 Å². The topological polar surface area (TPSA) is 29.5 Å². The number of allylic oxidation sites excluding steroid dienone is 1. The van der Waals surface area contributed by atoms with Crippen LogP contribution in [0.5, 0.6) is 0 Å². The highest BCUT2D eigenvalue weighted by molar-refractivity contribution is 5.93. The summed E-state index contributed by atoms with van der Waals surface area (Å²) in [7, 11) is 3.58. The van der Waals surface area contributed by atoms with Gasteiger partial charge < -0.3 is 9.64 Å². The molecule has 0 saturated carbocycles. The average molecular weight is 315 g/mol. The molecule has 1 aromatic carbocycles. The number of ether oxygens (including phenoxy) is 1. The molecule has 22 heavy (non-hydrogen) atoms. The van der Waals surface area contributed by atoms with Gasteiger partial charge in [0, 0.05) is 25.9 Å². The summed E-state index contributed by atoms with van der Waals surface area (Å²) in [4.78, 5) is 13.4. The molecule has 0 radical (unpaired) electrons. The highest BCUT2D eigenvalue weighted by Crippen LogP contribution is 2.34. The molecule has 0 spiro atoms. The minimum absolute atomic E-state index is 0.0797. The zero-order valence-electron chi connectivity index (χ0n) is 13.3. The Morgan fingerprint density at radius 3 is 1.95 bits per heavy atom. The van der Waals surface area contributed by atoms with Crippen LogP contribution >= 0.6 is 0 Å². The maximum absolute atomic E-state index is 13.2. The van der Waals surface area contributed by atoms with Crippen molar-refractivity contribution in [3.8, 4) is 0 Å². The van der Waals surface area contributed by atoms with Crippen LogP contribution < -0.4 is 4.90 Å². The fraction of sp³-hybridized carbons (Fsp3) is 0.438. The van der Waals surface area contributed by atoms with E-state index in [0.29, 0.717) is 6.08 Å². The number of halogens is 3. The van der Waals surface area contributed by atoms with Crippen molar-refractivity contribution in [2.75, 3.05) is 19.0 Å². The minimum Gasteiger partial charge on any atom is -0.457 e. The summed E-state index contributed by atoms with van der Waals surface area (Å²) in [5.41, 5.74) is -1.18. The molecule has 122 valence electrons. The predicted molar refractivity (Wildman–Crippen MR) is 80.6 cm³/mol. The molecular formula is C16H20F3NO2. The third-order valence-electron chi connectivity index (χ3n) is 2.67. The van der Waals surface area contributed by atoms with E-state index in [0.717, 1.165) is 5.69 Å². The smallest absolute Gasteiger partial charge is 0.417 e. The van der Waals surface area contributed by atoms with Gasteiger partial charge >= 0.3 is 12.1 Å². The Bertz CT molecular complexity index is 552. The first kappa shape index (κ1) is 18.1. The van der Waals surface area contributed by atoms with Crippen molar-refractivity contribution in [2.24, 2.45) is 0 Å². The lowest BCUT2D eigenvalue weighted by Gasteiger charge is -2.19. The summed E-state index contributed by atoms with van der Waals surface area (Å²) in [6.07, 6.45) is -4.15. The normalized spacial score (nSPS) is 13.0. The molecule has 0 aliphatic carbocycles. The molecule has 0 atom stereocenters. The van der Waals surface area contributed by atoms with Crippen molar-refractivity contribution >= 4 is 17.2 Å². The van der Waals surface area contributed by atoms with Crippen LogP contribution in [0.15, 0.2) is 30.3 Å². The van der Waals surface area contributed by atoms with Gasteiger partial charge in [-0.1, -0.05) is 12.1 Å². The second-order valence-electron chi connectivity index (χ2n) is 6.03. The van der Waals surface area contributed by atoms with Crippen molar-refractivity contribution in [3.63, 3.8) is 0 Å². The van der Waals surface area contributed by atoms with Crippen molar-refractivity contribution in [2.45, 2.75) is 32.5 Å². The lowest BCUT2D eigenvalue weighted by Crippen LogP contribution is -2.23. The second kappa shape index (κ2) is 6.42. The summed E-state index contributed by atoms with van der Waals surface area (Å²) in [6.45, 7) is 4.79. The molecule has 0 unspecified atom stereocenters. The van der Waals surface area contributed by atoms with Gasteiger partial charge in [-0.15, -0.1) is 0 Å². The summed E-state index contributed by atoms with van der Waals surface area (Å²) in [6, 6.07) is 5.78. The Morgan fingerprint density at radius 1 is 1.09 bits per heavy atom. The first-order chi connectivity index (χ1) is 9.90. The third-order valence-corrected chi connectivity index (χ3v) is 2.67. The fourth-order valence-electron chi connectivity index (χ4n) is 1.72. The number of anilines is 1. The number of benzene rings is 1. The van der Waals surface area contributed by atoms with Crippen molar-refractivity contribution in [1.29, 1.82) is 0 Å². The number of hydrogen-bond donors (Lipinski definition) is 0. The molecule has 0 bridgehead atoms. The monoisotopic (exact) mass is 315 g/mol. The number of carbonyl (C=O) groups excluding carboxylic acids is 1. The van der Waals surface area contributed by atoms with Gasteiger partial charge in [-0.25, -0.2) is 4.79 Å². The zero-order valence-corrected chi connectivity index (χ0v) is 13.3. The highest BCUT2D eigenvalue weighted by atomic mass is 19.4. The quantitative estimate of drug-likeness (QED) is 0.623. The Balaban J connectivity index is 3.16. The summed E-state index contributed by atoms with van der Waals surface area (Å²) in [5.74, 6) is -1.02. The maximum atomic E-state index is 13.2. The molecule has 0 aliphatic rings. The van der Waals surface area contributed by atoms with Gasteiger partial charge in [-0.05, 0) is 38.5 Å². The van der Waals surface area contributed by atoms with Crippen molar-refractivity contribution < 1.29 is 22.7 Å². The Kier molecular flexibility index (Phi) is 5.27. The molecular weight excluding hydrogens is 295 g/mol. The van der Waals surface area contributed by atoms with Gasteiger partial charge in [0.05, 0.1) is 5.57 Å². The number of rotatable bonds is 3. The van der Waals surface area contributed by atoms with E-state index in [1.54, 1.807) is 51.9 Å². The number of carbonyl (C=O) groups is 1. The van der Waals surface area contributed by atoms with Gasteiger partial charge in [0.25, 0.3) is 0 Å². The standard InChI is InChI=1S/C16H20F3NO2/c1-15(2,3)22-14(21)10-13(16(17,18)19)11-6-8-12(9-7-11)20(4)5/h6-10H,1-5H3/b13-10+. The van der Waals surface area contributed by atoms with E-state index in [4.69, 9.17) is 4.74 Å². The summed E-state index contributed by atoms with van der Waals surface area (Å²) < 4.78 is 44.4. The van der Waals surface area contributed by atoms with Crippen LogP contribution in [0.4, 0.5) is 18.9 Å². The van der Waals surface area contributed by atoms with E-state index in [1.165, 1.54) is 12.1 Å². The number of alkyl halides is 3. The molecule has 1 aromatic rings. The Morgan fingerprint density at radius 2 is 1.59 bits per heavy atom. The van der Waals surface area contributed by atoms with E-state index in [1.807, 2.05) is 0 Å². The first-order valence-electron chi connectivity index (χ1n) is 6.70. The van der Waals surface area contributed by atoms with Crippen LogP contribution in [0.1, 0.15) is 26.3 Å². The summed E-state index contributed by atoms with van der Waals surface area (Å²) >= 11 is 0. The van der Waals surface area contributed by atoms with Gasteiger partial charge in [-0.2, -0.15) is 13.2 Å². The number of hydrogen-bond acceptors (Lipinski definition) is 3. The van der Waals surface area contributed by atoms with E-state index in [9.17, 15) is 18.0 Å². The molecule has 0 aromatic heterocycles. The molecule has 0 N–H and O–H groups in total. The van der Waals surface area contributed by atoms with Crippen LogP contribution in [0.2, 0.25) is 0 Å². The van der Waals surface area contributed by atoms with Gasteiger partial charge in [0.15, 0.2) is 0 Å². The SMILES string of the molecule is CN(C)c1ccc(/C(=C\C(=O)OC(C)(C)C)C(F)(F)F)cc1. The molecule has 0 amide bonds. The van der Waals surface area contributed by atoms with Crippen LogP contribution in [0, 0.1) is 0 Å². The van der Waals surface area contributed by atoms with Gasteiger partial charge in [0.2, 0.25) is 0 Å². The number of nitrogens with zero attached hydrogens (tertiary/aromatic N) is 1. The predicted octanol–water partition coefficient (Wildman–Crippen LogP) is 4.04. The second-order valence-corrected chi connectivity index (χ2v) is 6.03. The van der Waals surface area contributed by atoms with Crippen LogP contribution in [-0.2, 0) is 9.53 Å². The molecule has 3 nitrogen and oxygen atoms in total. The lowest BCUT2D eigenvalue weighted by atomic mass is 10.0. The summed E-state index contributed by atoms with van der Waals surface area (Å²) in [5, 5.41) is 0. The van der Waals surface area contributed by atoms with Crippen LogP contribution in [0.3, 0.4) is 0 Å². The van der Waals surface area contributed by atoms with Crippen molar-refractivity contribution in [3.05, 3.63) is 35.9 Å². The zero-order chi connectivity index (χ0) is 17.1. The molecule has 0 saturated heterocycles. The van der Waals surface area contributed by atoms with Crippen LogP contribution in [0.25, 0.3) is 5.57 Å². The van der Waals surface area contributed by atoms with Crippen molar-refractivity contribution in [1.82, 2.24) is 0 Å². The van der Waals surface area contributed by atoms with Gasteiger partial charge in [0.1, 0.15) is 5.60 Å². The number of esters is 1. The highest BCUT2D eigenvalue weighted by Gasteiger charge is 2.36.